The minimum atomic E-state index is -0.514. The number of hydrogen-bond acceptors (Lipinski definition) is 5. The Morgan fingerprint density at radius 3 is 2.63 bits per heavy atom. The number of carbonyl (C=O) groups is 1. The van der Waals surface area contributed by atoms with Gasteiger partial charge >= 0.3 is 5.97 Å². The topological polar surface area (TPSA) is 57.1 Å². The highest BCUT2D eigenvalue weighted by molar-refractivity contribution is 6.30. The number of ether oxygens (including phenoxy) is 3. The van der Waals surface area contributed by atoms with E-state index in [0.29, 0.717) is 28.7 Å². The number of hydrogen-bond donors (Lipinski definition) is 0. The van der Waals surface area contributed by atoms with Crippen molar-refractivity contribution >= 4 is 29.5 Å². The molecule has 0 saturated carbocycles. The third-order valence-corrected chi connectivity index (χ3v) is 4.71. The molecule has 0 fully saturated rings. The Labute approximate surface area is 179 Å². The van der Waals surface area contributed by atoms with Crippen LogP contribution in [0.5, 0.6) is 11.5 Å². The zero-order valence-corrected chi connectivity index (χ0v) is 16.9. The van der Waals surface area contributed by atoms with Gasteiger partial charge in [-0.1, -0.05) is 48.0 Å². The van der Waals surface area contributed by atoms with Gasteiger partial charge in [-0.15, -0.1) is 0 Å². The van der Waals surface area contributed by atoms with Gasteiger partial charge in [-0.25, -0.2) is 9.79 Å². The average molecular weight is 420 g/mol. The molecule has 5 nitrogen and oxygen atoms in total. The monoisotopic (exact) mass is 419 g/mol. The van der Waals surface area contributed by atoms with E-state index in [2.05, 4.69) is 4.99 Å². The lowest BCUT2D eigenvalue weighted by Crippen LogP contribution is -2.05. The molecule has 1 heterocycles. The predicted octanol–water partition coefficient (Wildman–Crippen LogP) is 5.27. The second-order valence-corrected chi connectivity index (χ2v) is 6.96. The maximum atomic E-state index is 12.3. The molecule has 4 rings (SSSR count). The Bertz CT molecular complexity index is 1140. The number of aliphatic imine (C=N–C) groups is 1. The zero-order chi connectivity index (χ0) is 20.9. The summed E-state index contributed by atoms with van der Waals surface area (Å²) in [6, 6.07) is 22.1. The van der Waals surface area contributed by atoms with Gasteiger partial charge in [-0.3, -0.25) is 0 Å². The van der Waals surface area contributed by atoms with E-state index in [0.717, 1.165) is 11.1 Å². The third kappa shape index (κ3) is 4.53. The van der Waals surface area contributed by atoms with Crippen LogP contribution in [0.4, 0.5) is 0 Å². The molecule has 0 bridgehead atoms. The summed E-state index contributed by atoms with van der Waals surface area (Å²) in [6.45, 7) is 0.375. The maximum absolute atomic E-state index is 12.3. The van der Waals surface area contributed by atoms with Crippen molar-refractivity contribution in [1.29, 1.82) is 0 Å². The molecule has 0 N–H and O–H groups in total. The minimum absolute atomic E-state index is 0.204. The summed E-state index contributed by atoms with van der Waals surface area (Å²) < 4.78 is 16.5. The average Bonchev–Trinajstić information content (AvgIpc) is 3.14. The number of nitrogens with zero attached hydrogens (tertiary/aromatic N) is 1. The van der Waals surface area contributed by atoms with Crippen molar-refractivity contribution in [1.82, 2.24) is 0 Å². The van der Waals surface area contributed by atoms with Gasteiger partial charge in [-0.05, 0) is 48.0 Å². The second-order valence-electron chi connectivity index (χ2n) is 6.52. The lowest BCUT2D eigenvalue weighted by Gasteiger charge is -2.09. The second kappa shape index (κ2) is 8.84. The minimum Gasteiger partial charge on any atom is -0.497 e. The first-order valence-corrected chi connectivity index (χ1v) is 9.63. The normalized spacial score (nSPS) is 14.4. The van der Waals surface area contributed by atoms with Gasteiger partial charge in [-0.2, -0.15) is 0 Å². The van der Waals surface area contributed by atoms with Crippen LogP contribution in [-0.2, 0) is 16.1 Å². The Morgan fingerprint density at radius 1 is 1.03 bits per heavy atom. The molecule has 150 valence electrons. The fraction of sp³-hybridized carbons (Fsp3) is 0.0833. The van der Waals surface area contributed by atoms with Gasteiger partial charge < -0.3 is 14.2 Å². The molecule has 3 aromatic rings. The van der Waals surface area contributed by atoms with Crippen LogP contribution in [0.3, 0.4) is 0 Å². The Hall–Kier alpha value is -3.57. The van der Waals surface area contributed by atoms with Crippen molar-refractivity contribution < 1.29 is 19.0 Å². The molecule has 1 aliphatic heterocycles. The third-order valence-electron chi connectivity index (χ3n) is 4.46. The molecule has 0 aromatic heterocycles. The first kappa shape index (κ1) is 19.7. The molecule has 0 spiro atoms. The van der Waals surface area contributed by atoms with E-state index in [-0.39, 0.29) is 11.6 Å². The Balaban J connectivity index is 1.57. The van der Waals surface area contributed by atoms with E-state index < -0.39 is 5.97 Å². The predicted molar refractivity (Wildman–Crippen MR) is 116 cm³/mol. The van der Waals surface area contributed by atoms with E-state index in [9.17, 15) is 4.79 Å². The maximum Gasteiger partial charge on any atom is 0.363 e. The molecule has 30 heavy (non-hydrogen) atoms. The fourth-order valence-corrected chi connectivity index (χ4v) is 3.03. The van der Waals surface area contributed by atoms with E-state index in [1.807, 2.05) is 60.7 Å². The van der Waals surface area contributed by atoms with Crippen molar-refractivity contribution in [2.24, 2.45) is 4.99 Å². The smallest absolute Gasteiger partial charge is 0.363 e. The highest BCUT2D eigenvalue weighted by atomic mass is 35.5. The van der Waals surface area contributed by atoms with Crippen LogP contribution < -0.4 is 9.47 Å². The lowest BCUT2D eigenvalue weighted by atomic mass is 10.1. The highest BCUT2D eigenvalue weighted by Gasteiger charge is 2.24. The van der Waals surface area contributed by atoms with Crippen molar-refractivity contribution in [3.8, 4) is 11.5 Å². The largest absolute Gasteiger partial charge is 0.497 e. The Morgan fingerprint density at radius 2 is 1.83 bits per heavy atom. The van der Waals surface area contributed by atoms with Gasteiger partial charge in [0.2, 0.25) is 5.90 Å². The molecule has 3 aromatic carbocycles. The summed E-state index contributed by atoms with van der Waals surface area (Å²) in [4.78, 5) is 16.7. The molecule has 0 atom stereocenters. The van der Waals surface area contributed by atoms with Crippen molar-refractivity contribution in [3.05, 3.63) is 100 Å². The summed E-state index contributed by atoms with van der Waals surface area (Å²) >= 11 is 5.92. The number of halogens is 1. The summed E-state index contributed by atoms with van der Waals surface area (Å²) in [5.41, 5.74) is 2.59. The summed E-state index contributed by atoms with van der Waals surface area (Å²) in [6.07, 6.45) is 1.66. The number of carbonyl (C=O) groups excluding carboxylic acids is 1. The number of methoxy groups -OCH3 is 1. The quantitative estimate of drug-likeness (QED) is 0.403. The van der Waals surface area contributed by atoms with E-state index in [4.69, 9.17) is 25.8 Å². The van der Waals surface area contributed by atoms with Gasteiger partial charge in [0.05, 0.1) is 7.11 Å². The molecule has 0 aliphatic carbocycles. The van der Waals surface area contributed by atoms with Crippen LogP contribution in [0.1, 0.15) is 16.7 Å². The summed E-state index contributed by atoms with van der Waals surface area (Å²) in [7, 11) is 1.58. The van der Waals surface area contributed by atoms with Crippen LogP contribution in [0.15, 0.2) is 83.5 Å². The van der Waals surface area contributed by atoms with Crippen molar-refractivity contribution in [2.45, 2.75) is 6.61 Å². The number of cyclic esters (lactones) is 1. The summed E-state index contributed by atoms with van der Waals surface area (Å²) in [5.74, 6) is 1.02. The number of para-hydroxylation sites is 1. The van der Waals surface area contributed by atoms with Gasteiger partial charge in [0, 0.05) is 16.1 Å². The fourth-order valence-electron chi connectivity index (χ4n) is 2.91. The van der Waals surface area contributed by atoms with Crippen LogP contribution in [0.2, 0.25) is 5.02 Å². The number of benzene rings is 3. The van der Waals surface area contributed by atoms with Crippen LogP contribution in [0.25, 0.3) is 6.08 Å². The standard InChI is InChI=1S/C24H18ClNO4/c1-28-20-7-4-6-18(13-20)23-26-21(24(27)30-23)14-17-5-2-3-8-22(17)29-15-16-9-11-19(25)12-10-16/h2-14H,15H2,1H3/b21-14-. The van der Waals surface area contributed by atoms with E-state index >= 15 is 0 Å². The molecular formula is C24H18ClNO4. The molecule has 1 aliphatic rings. The van der Waals surface area contributed by atoms with E-state index in [1.54, 1.807) is 25.3 Å². The lowest BCUT2D eigenvalue weighted by molar-refractivity contribution is -0.129. The Kier molecular flexibility index (Phi) is 5.82. The van der Waals surface area contributed by atoms with Gasteiger partial charge in [0.1, 0.15) is 18.1 Å². The molecule has 0 unspecified atom stereocenters. The molecular weight excluding hydrogens is 402 g/mol. The van der Waals surface area contributed by atoms with Crippen LogP contribution >= 0.6 is 11.6 Å². The zero-order valence-electron chi connectivity index (χ0n) is 16.2. The van der Waals surface area contributed by atoms with Gasteiger partial charge in [0.15, 0.2) is 5.70 Å². The van der Waals surface area contributed by atoms with Crippen LogP contribution in [0, 0.1) is 0 Å². The van der Waals surface area contributed by atoms with E-state index in [1.165, 1.54) is 0 Å². The van der Waals surface area contributed by atoms with Crippen LogP contribution in [-0.4, -0.2) is 19.0 Å². The number of rotatable bonds is 6. The van der Waals surface area contributed by atoms with Crippen molar-refractivity contribution in [2.75, 3.05) is 7.11 Å². The molecule has 0 saturated heterocycles. The first-order valence-electron chi connectivity index (χ1n) is 9.25. The highest BCUT2D eigenvalue weighted by Crippen LogP contribution is 2.26. The molecule has 0 amide bonds. The molecule has 6 heteroatoms. The SMILES string of the molecule is COc1cccc(C2=N/C(=C\c3ccccc3OCc3ccc(Cl)cc3)C(=O)O2)c1. The number of esters is 1. The summed E-state index contributed by atoms with van der Waals surface area (Å²) in [5, 5.41) is 0.674. The molecule has 0 radical (unpaired) electrons. The first-order chi connectivity index (χ1) is 14.6. The van der Waals surface area contributed by atoms with Crippen molar-refractivity contribution in [3.63, 3.8) is 0 Å². The van der Waals surface area contributed by atoms with Gasteiger partial charge in [0.25, 0.3) is 0 Å².